The molecule has 10 aromatic carbocycles. The van der Waals surface area contributed by atoms with Gasteiger partial charge in [-0.15, -0.1) is 0 Å². The van der Waals surface area contributed by atoms with Crippen LogP contribution in [0.15, 0.2) is 303 Å². The molecule has 0 bridgehead atoms. The van der Waals surface area contributed by atoms with Gasteiger partial charge in [0.2, 0.25) is 0 Å². The summed E-state index contributed by atoms with van der Waals surface area (Å²) in [7, 11) is -12.3. The topological polar surface area (TPSA) is 36.9 Å². The second-order valence-corrected chi connectivity index (χ2v) is 54.3. The number of hydrogen-bond acceptors (Lipinski definition) is 4. The average Bonchev–Trinajstić information content (AvgIpc) is 3.46. The summed E-state index contributed by atoms with van der Waals surface area (Å²) in [5.74, 6) is 0. The van der Waals surface area contributed by atoms with Crippen LogP contribution in [0, 0.1) is 0 Å². The molecule has 11 rings (SSSR count). The summed E-state index contributed by atoms with van der Waals surface area (Å²) in [6.07, 6.45) is 0. The standard InChI is InChI=1S/C36H30O4Si3.4C6H5.CH2.2Sn/c37-41(31-19-7-1-8-20-31,32-21-9-2-10-22-32)39-43(35-27-15-5-16-28-35,36-29-17-6-18-30-36)40-42(38,33-23-11-3-12-24-33)34-25-13-4-14-26-34;4*1-2-4-6-5-3-1;;;/h1-30H;4*1-5H;1H2;;/q-2;;;;;;2*+1. The predicted octanol–water partition coefficient (Wildman–Crippen LogP) is 6.90. The molecule has 0 aliphatic carbocycles. The molecule has 1 aliphatic heterocycles. The zero-order valence-corrected chi connectivity index (χ0v) is 47.4. The summed E-state index contributed by atoms with van der Waals surface area (Å²) in [6, 6.07) is 110. The van der Waals surface area contributed by atoms with Crippen molar-refractivity contribution in [2.24, 2.45) is 0 Å². The minimum atomic E-state index is -5.00. The van der Waals surface area contributed by atoms with Gasteiger partial charge in [-0.1, -0.05) is 0 Å². The van der Waals surface area contributed by atoms with Crippen LogP contribution in [-0.4, -0.2) is 63.3 Å². The van der Waals surface area contributed by atoms with Gasteiger partial charge in [0, 0.05) is 0 Å². The molecule has 0 amide bonds. The van der Waals surface area contributed by atoms with Crippen LogP contribution in [0.25, 0.3) is 0 Å². The molecule has 1 heterocycles. The molecular weight excluding hydrogens is 1120 g/mol. The van der Waals surface area contributed by atoms with Gasteiger partial charge in [0.25, 0.3) is 0 Å². The van der Waals surface area contributed by atoms with E-state index in [4.69, 9.17) is 13.8 Å². The van der Waals surface area contributed by atoms with E-state index in [0.29, 0.717) is 2.45 Å². The fourth-order valence-corrected chi connectivity index (χ4v) is 96.9. The fourth-order valence-electron chi connectivity index (χ4n) is 10.3. The van der Waals surface area contributed by atoms with E-state index < -0.39 is 63.3 Å². The first-order chi connectivity index (χ1) is 34.6. The van der Waals surface area contributed by atoms with Crippen molar-refractivity contribution in [1.29, 1.82) is 0 Å². The maximum absolute atomic E-state index is 9.09. The molecule has 0 aromatic heterocycles. The zero-order valence-electron chi connectivity index (χ0n) is 38.7. The summed E-state index contributed by atoms with van der Waals surface area (Å²) >= 11 is -10.0. The summed E-state index contributed by atoms with van der Waals surface area (Å²) in [5.41, 5.74) is 0. The van der Waals surface area contributed by atoms with Gasteiger partial charge in [-0.2, -0.15) is 0 Å². The normalized spacial score (nSPS) is 16.9. The van der Waals surface area contributed by atoms with Crippen molar-refractivity contribution in [1.82, 2.24) is 0 Å². The van der Waals surface area contributed by atoms with Crippen molar-refractivity contribution in [2.75, 3.05) is 0 Å². The van der Waals surface area contributed by atoms with Gasteiger partial charge in [0.1, 0.15) is 0 Å². The molecule has 1 saturated heterocycles. The third-order valence-electron chi connectivity index (χ3n) is 13.6. The average molecular weight is 1170 g/mol. The molecule has 0 saturated carbocycles. The van der Waals surface area contributed by atoms with Gasteiger partial charge in [0.05, 0.1) is 0 Å². The fraction of sp³-hybridized carbons (Fsp3) is 0.0164. The van der Waals surface area contributed by atoms with E-state index >= 15 is 0 Å². The molecule has 340 valence electrons. The number of benzene rings is 10. The molecule has 0 spiro atoms. The van der Waals surface area contributed by atoms with Crippen LogP contribution in [-0.2, 0) is 13.8 Å². The van der Waals surface area contributed by atoms with Crippen molar-refractivity contribution in [3.8, 4) is 0 Å². The van der Waals surface area contributed by atoms with E-state index in [1.165, 1.54) is 14.3 Å². The third kappa shape index (κ3) is 8.67. The molecular formula is C61H52O4Si3Sn2. The van der Waals surface area contributed by atoms with Crippen molar-refractivity contribution >= 4 is 109 Å². The van der Waals surface area contributed by atoms with E-state index in [-0.39, 0.29) is 0 Å². The zero-order chi connectivity index (χ0) is 47.2. The van der Waals surface area contributed by atoms with E-state index in [1.54, 1.807) is 0 Å². The quantitative estimate of drug-likeness (QED) is 0.140. The van der Waals surface area contributed by atoms with Crippen LogP contribution in [0.5, 0.6) is 0 Å². The molecule has 1 aliphatic rings. The molecule has 4 nitrogen and oxygen atoms in total. The molecule has 0 unspecified atom stereocenters. The molecule has 10 aromatic rings. The Bertz CT molecular complexity index is 2490. The van der Waals surface area contributed by atoms with Gasteiger partial charge in [-0.25, -0.2) is 0 Å². The van der Waals surface area contributed by atoms with Gasteiger partial charge in [-0.3, -0.25) is 0 Å². The van der Waals surface area contributed by atoms with Crippen molar-refractivity contribution in [3.63, 3.8) is 0 Å². The SMILES string of the molecule is c1ccc([Si]2(c3ccccc3)O[Si](c3ccccc3)(c3ccccc3)[O][Sn]([c]3ccccc3)([c]3ccccc3)[CH2][Sn]([c]3ccccc3)([c]3ccccc3)[O][Si](c3ccccc3)(c3ccccc3)O2)cc1. The summed E-state index contributed by atoms with van der Waals surface area (Å²) in [6.45, 7) is 0. The van der Waals surface area contributed by atoms with Crippen LogP contribution in [0.1, 0.15) is 0 Å². The summed E-state index contributed by atoms with van der Waals surface area (Å²) in [4.78, 5) is 0. The second-order valence-electron chi connectivity index (χ2n) is 17.7. The van der Waals surface area contributed by atoms with Crippen LogP contribution in [0.2, 0.25) is 2.45 Å². The molecule has 9 heteroatoms. The Balaban J connectivity index is 1.42. The van der Waals surface area contributed by atoms with E-state index in [0.717, 1.165) is 31.1 Å². The van der Waals surface area contributed by atoms with Gasteiger partial charge in [0.15, 0.2) is 0 Å². The van der Waals surface area contributed by atoms with E-state index in [2.05, 4.69) is 303 Å². The second kappa shape index (κ2) is 20.6. The van der Waals surface area contributed by atoms with Crippen LogP contribution in [0.3, 0.4) is 0 Å². The van der Waals surface area contributed by atoms with Crippen LogP contribution in [0.4, 0.5) is 0 Å². The van der Waals surface area contributed by atoms with Crippen LogP contribution < -0.4 is 45.4 Å². The Labute approximate surface area is 424 Å². The van der Waals surface area contributed by atoms with Gasteiger partial charge >= 0.3 is 428 Å². The first-order valence-corrected chi connectivity index (χ1v) is 41.5. The minimum absolute atomic E-state index is 0.701. The predicted molar refractivity (Wildman–Crippen MR) is 299 cm³/mol. The molecule has 1 fully saturated rings. The number of hydrogen-bond donors (Lipinski definition) is 0. The molecule has 0 N–H and O–H groups in total. The van der Waals surface area contributed by atoms with E-state index in [9.17, 15) is 0 Å². The van der Waals surface area contributed by atoms with Crippen molar-refractivity contribution < 1.29 is 13.8 Å². The number of rotatable bonds is 10. The summed E-state index contributed by atoms with van der Waals surface area (Å²) in [5, 5.41) is 6.04. The van der Waals surface area contributed by atoms with E-state index in [1.807, 2.05) is 0 Å². The molecule has 0 radical (unpaired) electrons. The Hall–Kier alpha value is -5.71. The van der Waals surface area contributed by atoms with Gasteiger partial charge in [-0.05, 0) is 0 Å². The van der Waals surface area contributed by atoms with Gasteiger partial charge < -0.3 is 0 Å². The Morgan fingerprint density at radius 2 is 0.386 bits per heavy atom. The van der Waals surface area contributed by atoms with Crippen molar-refractivity contribution in [3.05, 3.63) is 303 Å². The maximum atomic E-state index is 9.09. The Morgan fingerprint density at radius 3 is 0.586 bits per heavy atom. The molecule has 70 heavy (non-hydrogen) atoms. The first kappa shape index (κ1) is 46.7. The third-order valence-corrected chi connectivity index (χ3v) is 73.3. The summed E-state index contributed by atoms with van der Waals surface area (Å²) < 4.78 is 41.6. The Kier molecular flexibility index (Phi) is 13.7. The van der Waals surface area contributed by atoms with Crippen LogP contribution >= 0.6 is 0 Å². The Morgan fingerprint density at radius 1 is 0.214 bits per heavy atom. The monoisotopic (exact) mass is 1170 g/mol. The molecule has 0 atom stereocenters. The first-order valence-electron chi connectivity index (χ1n) is 23.9. The van der Waals surface area contributed by atoms with Crippen molar-refractivity contribution in [2.45, 2.75) is 2.45 Å².